The normalized spacial score (nSPS) is 12.4. The average molecular weight is 446 g/mol. The van der Waals surface area contributed by atoms with E-state index in [4.69, 9.17) is 5.73 Å². The maximum absolute atomic E-state index is 13.0. The first kappa shape index (κ1) is 24.6. The molecule has 1 unspecified atom stereocenters. The zero-order valence-corrected chi connectivity index (χ0v) is 21.2. The summed E-state index contributed by atoms with van der Waals surface area (Å²) >= 11 is 0. The van der Waals surface area contributed by atoms with Crippen molar-refractivity contribution in [3.63, 3.8) is 0 Å². The molecule has 33 heavy (non-hydrogen) atoms. The molecule has 0 saturated carbocycles. The molecular formula is C29H39N3O. The molecule has 0 aliphatic rings. The molecule has 4 heteroatoms. The SMILES string of the molecule is CC(C)=CCC(CN(C(N)=O)c1c(C(C)C)cccc1C(C)C)c1cn(C)c2ccccc12. The number of primary amides is 1. The van der Waals surface area contributed by atoms with Crippen LogP contribution >= 0.6 is 0 Å². The Labute approximate surface area is 199 Å². The third kappa shape index (κ3) is 5.32. The highest BCUT2D eigenvalue weighted by Crippen LogP contribution is 2.38. The Hall–Kier alpha value is -3.01. The molecule has 0 spiro atoms. The van der Waals surface area contributed by atoms with Crippen LogP contribution in [0, 0.1) is 0 Å². The van der Waals surface area contributed by atoms with Gasteiger partial charge in [-0.2, -0.15) is 0 Å². The first-order valence-corrected chi connectivity index (χ1v) is 12.0. The molecule has 3 rings (SSSR count). The van der Waals surface area contributed by atoms with Crippen molar-refractivity contribution in [2.45, 2.75) is 65.7 Å². The molecule has 0 saturated heterocycles. The summed E-state index contributed by atoms with van der Waals surface area (Å²) in [5.74, 6) is 0.697. The molecule has 0 fully saturated rings. The van der Waals surface area contributed by atoms with Crippen LogP contribution in [0.1, 0.15) is 82.4 Å². The number of allylic oxidation sites excluding steroid dienone is 2. The van der Waals surface area contributed by atoms with Crippen LogP contribution in [-0.4, -0.2) is 17.1 Å². The highest BCUT2D eigenvalue weighted by Gasteiger charge is 2.27. The predicted octanol–water partition coefficient (Wildman–Crippen LogP) is 7.45. The zero-order valence-electron chi connectivity index (χ0n) is 21.2. The molecular weight excluding hydrogens is 406 g/mol. The number of carbonyl (C=O) groups excluding carboxylic acids is 1. The van der Waals surface area contributed by atoms with Gasteiger partial charge in [0.25, 0.3) is 0 Å². The van der Waals surface area contributed by atoms with Crippen molar-refractivity contribution in [3.05, 3.63) is 77.0 Å². The second-order valence-corrected chi connectivity index (χ2v) is 9.97. The van der Waals surface area contributed by atoms with E-state index in [1.807, 2.05) is 4.90 Å². The molecule has 2 aromatic carbocycles. The number of hydrogen-bond acceptors (Lipinski definition) is 1. The molecule has 1 heterocycles. The number of aryl methyl sites for hydroxylation is 1. The van der Waals surface area contributed by atoms with Crippen LogP contribution in [0.5, 0.6) is 0 Å². The second-order valence-electron chi connectivity index (χ2n) is 9.97. The number of fused-ring (bicyclic) bond motifs is 1. The molecule has 0 bridgehead atoms. The smallest absolute Gasteiger partial charge is 0.319 e. The molecule has 1 aromatic heterocycles. The molecule has 4 nitrogen and oxygen atoms in total. The summed E-state index contributed by atoms with van der Waals surface area (Å²) in [4.78, 5) is 14.8. The van der Waals surface area contributed by atoms with Gasteiger partial charge in [-0.25, -0.2) is 4.79 Å². The van der Waals surface area contributed by atoms with Gasteiger partial charge in [0.1, 0.15) is 0 Å². The van der Waals surface area contributed by atoms with Crippen LogP contribution in [0.25, 0.3) is 10.9 Å². The van der Waals surface area contributed by atoms with Crippen LogP contribution in [0.2, 0.25) is 0 Å². The Morgan fingerprint density at radius 3 is 2.12 bits per heavy atom. The highest BCUT2D eigenvalue weighted by atomic mass is 16.2. The minimum atomic E-state index is -0.396. The van der Waals surface area contributed by atoms with Gasteiger partial charge in [-0.05, 0) is 54.9 Å². The Balaban J connectivity index is 2.16. The lowest BCUT2D eigenvalue weighted by Crippen LogP contribution is -2.40. The first-order valence-electron chi connectivity index (χ1n) is 12.0. The number of anilines is 1. The van der Waals surface area contributed by atoms with E-state index in [1.165, 1.54) is 33.2 Å². The van der Waals surface area contributed by atoms with Gasteiger partial charge in [-0.3, -0.25) is 4.90 Å². The lowest BCUT2D eigenvalue weighted by atomic mass is 9.89. The summed E-state index contributed by atoms with van der Waals surface area (Å²) in [5, 5.41) is 1.23. The lowest BCUT2D eigenvalue weighted by Gasteiger charge is -2.31. The first-order chi connectivity index (χ1) is 15.6. The number of hydrogen-bond donors (Lipinski definition) is 1. The fourth-order valence-electron chi connectivity index (χ4n) is 4.71. The summed E-state index contributed by atoms with van der Waals surface area (Å²) in [6, 6.07) is 14.4. The number of amides is 2. The Bertz CT molecular complexity index is 1120. The van der Waals surface area contributed by atoms with E-state index >= 15 is 0 Å². The highest BCUT2D eigenvalue weighted by molar-refractivity contribution is 5.93. The Morgan fingerprint density at radius 2 is 1.58 bits per heavy atom. The van der Waals surface area contributed by atoms with Gasteiger partial charge in [-0.15, -0.1) is 0 Å². The van der Waals surface area contributed by atoms with E-state index in [1.54, 1.807) is 0 Å². The number of nitrogens with zero attached hydrogens (tertiary/aromatic N) is 2. The topological polar surface area (TPSA) is 51.3 Å². The van der Waals surface area contributed by atoms with Crippen LogP contribution in [0.3, 0.4) is 0 Å². The maximum atomic E-state index is 13.0. The Kier molecular flexibility index (Phi) is 7.68. The van der Waals surface area contributed by atoms with E-state index in [9.17, 15) is 4.79 Å². The van der Waals surface area contributed by atoms with Crippen molar-refractivity contribution in [2.24, 2.45) is 12.8 Å². The molecule has 0 aliphatic carbocycles. The molecule has 1 atom stereocenters. The number of urea groups is 1. The van der Waals surface area contributed by atoms with Crippen LogP contribution < -0.4 is 10.6 Å². The fraction of sp³-hybridized carbons (Fsp3) is 0.414. The van der Waals surface area contributed by atoms with E-state index in [2.05, 4.69) is 108 Å². The van der Waals surface area contributed by atoms with Crippen molar-refractivity contribution in [1.82, 2.24) is 4.57 Å². The number of rotatable bonds is 8. The lowest BCUT2D eigenvalue weighted by molar-refractivity contribution is 0.253. The van der Waals surface area contributed by atoms with Gasteiger partial charge < -0.3 is 10.3 Å². The number of nitrogens with two attached hydrogens (primary N) is 1. The van der Waals surface area contributed by atoms with Crippen molar-refractivity contribution in [2.75, 3.05) is 11.4 Å². The van der Waals surface area contributed by atoms with Crippen molar-refractivity contribution >= 4 is 22.6 Å². The van der Waals surface area contributed by atoms with E-state index in [-0.39, 0.29) is 17.8 Å². The fourth-order valence-corrected chi connectivity index (χ4v) is 4.71. The second kappa shape index (κ2) is 10.3. The number of benzene rings is 2. The summed E-state index contributed by atoms with van der Waals surface area (Å²) in [5.41, 5.74) is 13.1. The van der Waals surface area contributed by atoms with Crippen molar-refractivity contribution in [1.29, 1.82) is 0 Å². The molecule has 176 valence electrons. The van der Waals surface area contributed by atoms with Crippen LogP contribution in [0.15, 0.2) is 60.3 Å². The summed E-state index contributed by atoms with van der Waals surface area (Å²) in [6.07, 6.45) is 5.33. The third-order valence-corrected chi connectivity index (χ3v) is 6.46. The average Bonchev–Trinajstić information content (AvgIpc) is 3.09. The standard InChI is InChI=1S/C29H39N3O/c1-19(2)15-16-22(26-18-31(7)27-14-9-8-11-25(26)27)17-32(29(30)33)28-23(20(3)4)12-10-13-24(28)21(5)6/h8-15,18,20-22H,16-17H2,1-7H3,(H2,30,33). The van der Waals surface area contributed by atoms with Gasteiger partial charge in [0.05, 0.1) is 5.69 Å². The van der Waals surface area contributed by atoms with E-state index in [0.29, 0.717) is 6.54 Å². The van der Waals surface area contributed by atoms with Crippen LogP contribution in [-0.2, 0) is 7.05 Å². The van der Waals surface area contributed by atoms with E-state index in [0.717, 1.165) is 12.1 Å². The molecule has 0 aliphatic heterocycles. The maximum Gasteiger partial charge on any atom is 0.319 e. The number of aromatic nitrogens is 1. The van der Waals surface area contributed by atoms with Crippen molar-refractivity contribution in [3.8, 4) is 0 Å². The van der Waals surface area contributed by atoms with Gasteiger partial charge in [-0.1, -0.05) is 75.7 Å². The van der Waals surface area contributed by atoms with Gasteiger partial charge in [0.2, 0.25) is 0 Å². The Morgan fingerprint density at radius 1 is 0.970 bits per heavy atom. The van der Waals surface area contributed by atoms with Crippen LogP contribution in [0.4, 0.5) is 10.5 Å². The van der Waals surface area contributed by atoms with Gasteiger partial charge in [0, 0.05) is 36.6 Å². The summed E-state index contributed by atoms with van der Waals surface area (Å²) < 4.78 is 2.18. The number of carbonyl (C=O) groups is 1. The molecule has 0 radical (unpaired) electrons. The molecule has 2 N–H and O–H groups in total. The monoisotopic (exact) mass is 445 g/mol. The zero-order chi connectivity index (χ0) is 24.3. The van der Waals surface area contributed by atoms with Gasteiger partial charge >= 0.3 is 6.03 Å². The quantitative estimate of drug-likeness (QED) is 0.360. The molecule has 3 aromatic rings. The summed E-state index contributed by atoms with van der Waals surface area (Å²) in [6.45, 7) is 13.5. The number of para-hydroxylation sites is 2. The minimum Gasteiger partial charge on any atom is -0.351 e. The molecule has 2 amide bonds. The van der Waals surface area contributed by atoms with E-state index < -0.39 is 6.03 Å². The summed E-state index contributed by atoms with van der Waals surface area (Å²) in [7, 11) is 2.08. The van der Waals surface area contributed by atoms with Crippen molar-refractivity contribution < 1.29 is 4.79 Å². The minimum absolute atomic E-state index is 0.124. The largest absolute Gasteiger partial charge is 0.351 e. The predicted molar refractivity (Wildman–Crippen MR) is 141 cm³/mol. The van der Waals surface area contributed by atoms with Gasteiger partial charge in [0.15, 0.2) is 0 Å². The third-order valence-electron chi connectivity index (χ3n) is 6.46.